The molecule has 1 aliphatic rings. The van der Waals surface area contributed by atoms with Crippen LogP contribution in [0.3, 0.4) is 0 Å². The topological polar surface area (TPSA) is 59.9 Å². The molecule has 5 nitrogen and oxygen atoms in total. The van der Waals surface area contributed by atoms with Gasteiger partial charge < -0.3 is 20.6 Å². The third-order valence-electron chi connectivity index (χ3n) is 4.64. The first-order valence-electron chi connectivity index (χ1n) is 9.40. The SMILES string of the molecule is CCNC(=NCC(O)c1cc(Cl)cc(Cl)c1)NCC1CCCN(CC)C1.I. The molecule has 0 aliphatic carbocycles. The Kier molecular flexibility index (Phi) is 12.0. The summed E-state index contributed by atoms with van der Waals surface area (Å²) in [4.78, 5) is 7.01. The number of halogens is 3. The van der Waals surface area contributed by atoms with Crippen molar-refractivity contribution in [2.24, 2.45) is 10.9 Å². The molecule has 1 aliphatic heterocycles. The van der Waals surface area contributed by atoms with Crippen molar-refractivity contribution in [3.63, 3.8) is 0 Å². The van der Waals surface area contributed by atoms with Gasteiger partial charge in [0.05, 0.1) is 12.6 Å². The molecule has 3 N–H and O–H groups in total. The van der Waals surface area contributed by atoms with Crippen LogP contribution in [0.5, 0.6) is 0 Å². The van der Waals surface area contributed by atoms with Crippen molar-refractivity contribution < 1.29 is 5.11 Å². The maximum Gasteiger partial charge on any atom is 0.191 e. The number of rotatable bonds is 7. The highest BCUT2D eigenvalue weighted by Gasteiger charge is 2.19. The Morgan fingerprint density at radius 3 is 2.59 bits per heavy atom. The molecule has 27 heavy (non-hydrogen) atoms. The van der Waals surface area contributed by atoms with Crippen LogP contribution in [0.25, 0.3) is 0 Å². The number of nitrogens with zero attached hydrogens (tertiary/aromatic N) is 2. The van der Waals surface area contributed by atoms with Gasteiger partial charge in [-0.2, -0.15) is 0 Å². The molecule has 0 amide bonds. The maximum absolute atomic E-state index is 10.4. The lowest BCUT2D eigenvalue weighted by atomic mass is 9.98. The minimum Gasteiger partial charge on any atom is -0.386 e. The summed E-state index contributed by atoms with van der Waals surface area (Å²) in [7, 11) is 0. The molecule has 2 rings (SSSR count). The van der Waals surface area contributed by atoms with Crippen LogP contribution in [0.15, 0.2) is 23.2 Å². The first-order valence-corrected chi connectivity index (χ1v) is 10.2. The van der Waals surface area contributed by atoms with Crippen molar-refractivity contribution >= 4 is 53.1 Å². The summed E-state index contributed by atoms with van der Waals surface area (Å²) >= 11 is 12.0. The second kappa shape index (κ2) is 13.0. The lowest BCUT2D eigenvalue weighted by Crippen LogP contribution is -2.44. The van der Waals surface area contributed by atoms with E-state index in [1.165, 1.54) is 19.4 Å². The van der Waals surface area contributed by atoms with E-state index in [1.54, 1.807) is 18.2 Å². The third-order valence-corrected chi connectivity index (χ3v) is 5.08. The summed E-state index contributed by atoms with van der Waals surface area (Å²) in [5, 5.41) is 18.1. The van der Waals surface area contributed by atoms with Crippen molar-refractivity contribution in [1.29, 1.82) is 0 Å². The number of benzene rings is 1. The van der Waals surface area contributed by atoms with Gasteiger partial charge in [0.2, 0.25) is 0 Å². The van der Waals surface area contributed by atoms with Gasteiger partial charge in [-0.25, -0.2) is 0 Å². The zero-order chi connectivity index (χ0) is 18.9. The van der Waals surface area contributed by atoms with E-state index >= 15 is 0 Å². The summed E-state index contributed by atoms with van der Waals surface area (Å²) in [5.74, 6) is 1.36. The standard InChI is InChI=1S/C19H30Cl2N4O.HI/c1-3-22-19(23-11-14-6-5-7-25(4-2)13-14)24-12-18(26)15-8-16(20)10-17(21)9-15;/h8-10,14,18,26H,3-7,11-13H2,1-2H3,(H2,22,23,24);1H. The fourth-order valence-corrected chi connectivity index (χ4v) is 3.78. The zero-order valence-corrected chi connectivity index (χ0v) is 19.9. The van der Waals surface area contributed by atoms with E-state index in [2.05, 4.69) is 27.4 Å². The molecule has 0 spiro atoms. The largest absolute Gasteiger partial charge is 0.386 e. The minimum atomic E-state index is -0.744. The Morgan fingerprint density at radius 1 is 1.26 bits per heavy atom. The first kappa shape index (κ1) is 24.8. The molecule has 8 heteroatoms. The molecule has 1 saturated heterocycles. The molecule has 154 valence electrons. The number of likely N-dealkylation sites (tertiary alicyclic amines) is 1. The summed E-state index contributed by atoms with van der Waals surface area (Å²) in [6.45, 7) is 9.60. The Morgan fingerprint density at radius 2 is 1.96 bits per heavy atom. The second-order valence-corrected chi connectivity index (χ2v) is 7.59. The molecule has 2 atom stereocenters. The maximum atomic E-state index is 10.4. The predicted octanol–water partition coefficient (Wildman–Crippen LogP) is 3.93. The second-order valence-electron chi connectivity index (χ2n) is 6.72. The summed E-state index contributed by atoms with van der Waals surface area (Å²) < 4.78 is 0. The smallest absolute Gasteiger partial charge is 0.191 e. The number of hydrogen-bond acceptors (Lipinski definition) is 3. The average Bonchev–Trinajstić information content (AvgIpc) is 2.63. The van der Waals surface area contributed by atoms with Crippen molar-refractivity contribution in [3.8, 4) is 0 Å². The number of guanidine groups is 1. The summed E-state index contributed by atoms with van der Waals surface area (Å²) in [6, 6.07) is 5.09. The van der Waals surface area contributed by atoms with Gasteiger partial charge in [-0.3, -0.25) is 4.99 Å². The number of aliphatic hydroxyl groups is 1. The lowest BCUT2D eigenvalue weighted by Gasteiger charge is -2.32. The predicted molar refractivity (Wildman–Crippen MR) is 126 cm³/mol. The molecule has 1 aromatic rings. The summed E-state index contributed by atoms with van der Waals surface area (Å²) in [6.07, 6.45) is 1.75. The molecule has 2 unspecified atom stereocenters. The monoisotopic (exact) mass is 528 g/mol. The third kappa shape index (κ3) is 8.73. The van der Waals surface area contributed by atoms with Crippen LogP contribution in [0.1, 0.15) is 38.4 Å². The van der Waals surface area contributed by atoms with Crippen molar-refractivity contribution in [1.82, 2.24) is 15.5 Å². The van der Waals surface area contributed by atoms with Crippen LogP contribution in [0, 0.1) is 5.92 Å². The molecule has 0 radical (unpaired) electrons. The highest BCUT2D eigenvalue weighted by molar-refractivity contribution is 14.0. The number of aliphatic hydroxyl groups excluding tert-OH is 1. The highest BCUT2D eigenvalue weighted by atomic mass is 127. The minimum absolute atomic E-state index is 0. The van der Waals surface area contributed by atoms with Crippen LogP contribution >= 0.6 is 47.2 Å². The fourth-order valence-electron chi connectivity index (χ4n) is 3.24. The molecule has 1 heterocycles. The number of piperidine rings is 1. The van der Waals surface area contributed by atoms with Crippen molar-refractivity contribution in [2.75, 3.05) is 39.3 Å². The van der Waals surface area contributed by atoms with Crippen molar-refractivity contribution in [2.45, 2.75) is 32.8 Å². The van der Waals surface area contributed by atoms with E-state index in [0.29, 0.717) is 21.5 Å². The first-order chi connectivity index (χ1) is 12.5. The average molecular weight is 529 g/mol. The van der Waals surface area contributed by atoms with Gasteiger partial charge in [0.25, 0.3) is 0 Å². The molecule has 0 saturated carbocycles. The Bertz CT molecular complexity index is 583. The van der Waals surface area contributed by atoms with Crippen LogP contribution in [-0.4, -0.2) is 55.2 Å². The van der Waals surface area contributed by atoms with Crippen LogP contribution in [0.4, 0.5) is 0 Å². The Hall–Kier alpha value is -0.280. The van der Waals surface area contributed by atoms with Gasteiger partial charge in [0.15, 0.2) is 5.96 Å². The fraction of sp³-hybridized carbons (Fsp3) is 0.632. The number of aliphatic imine (C=N–C) groups is 1. The zero-order valence-electron chi connectivity index (χ0n) is 16.0. The van der Waals surface area contributed by atoms with E-state index in [4.69, 9.17) is 23.2 Å². The van der Waals surface area contributed by atoms with Gasteiger partial charge in [0.1, 0.15) is 0 Å². The molecule has 1 fully saturated rings. The van der Waals surface area contributed by atoms with Gasteiger partial charge >= 0.3 is 0 Å². The lowest BCUT2D eigenvalue weighted by molar-refractivity contribution is 0.182. The van der Waals surface area contributed by atoms with Gasteiger partial charge in [-0.05, 0) is 62.5 Å². The van der Waals surface area contributed by atoms with Gasteiger partial charge in [-0.1, -0.05) is 30.1 Å². The number of hydrogen-bond donors (Lipinski definition) is 3. The quantitative estimate of drug-likeness (QED) is 0.285. The van der Waals surface area contributed by atoms with E-state index in [0.717, 1.165) is 32.1 Å². The van der Waals surface area contributed by atoms with E-state index in [9.17, 15) is 5.11 Å². The molecule has 1 aromatic carbocycles. The highest BCUT2D eigenvalue weighted by Crippen LogP contribution is 2.23. The molecule has 0 bridgehead atoms. The molecular formula is C19H31Cl2IN4O. The van der Waals surface area contributed by atoms with Gasteiger partial charge in [0, 0.05) is 29.7 Å². The summed E-state index contributed by atoms with van der Waals surface area (Å²) in [5.41, 5.74) is 0.674. The number of nitrogens with one attached hydrogen (secondary N) is 2. The van der Waals surface area contributed by atoms with Crippen molar-refractivity contribution in [3.05, 3.63) is 33.8 Å². The van der Waals surface area contributed by atoms with Crippen LogP contribution in [-0.2, 0) is 0 Å². The molecule has 0 aromatic heterocycles. The normalized spacial score (nSPS) is 19.3. The van der Waals surface area contributed by atoms with E-state index in [-0.39, 0.29) is 30.5 Å². The van der Waals surface area contributed by atoms with Gasteiger partial charge in [-0.15, -0.1) is 24.0 Å². The van der Waals surface area contributed by atoms with E-state index < -0.39 is 6.10 Å². The molecular weight excluding hydrogens is 498 g/mol. The van der Waals surface area contributed by atoms with E-state index in [1.807, 2.05) is 6.92 Å². The van der Waals surface area contributed by atoms with Crippen LogP contribution in [0.2, 0.25) is 10.0 Å². The van der Waals surface area contributed by atoms with Crippen LogP contribution < -0.4 is 10.6 Å². The Labute approximate surface area is 189 Å². The Balaban J connectivity index is 0.00000364.